The maximum absolute atomic E-state index is 13.5. The van der Waals surface area contributed by atoms with E-state index in [1.54, 1.807) is 35.2 Å². The number of carbonyl (C=O) groups excluding carboxylic acids is 1. The Morgan fingerprint density at radius 1 is 1.17 bits per heavy atom. The lowest BCUT2D eigenvalue weighted by atomic mass is 9.48. The quantitative estimate of drug-likeness (QED) is 0.677. The Morgan fingerprint density at radius 2 is 1.94 bits per heavy atom. The lowest BCUT2D eigenvalue weighted by Gasteiger charge is -2.64. The lowest BCUT2D eigenvalue weighted by molar-refractivity contribution is -0.197. The molecule has 5 aliphatic rings. The highest BCUT2D eigenvalue weighted by molar-refractivity contribution is 6.30. The van der Waals surface area contributed by atoms with E-state index in [9.17, 15) is 15.0 Å². The molecule has 0 radical (unpaired) electrons. The predicted molar refractivity (Wildman–Crippen MR) is 132 cm³/mol. The zero-order valence-electron chi connectivity index (χ0n) is 19.9. The minimum absolute atomic E-state index is 0.0316. The number of nitrogens with zero attached hydrogens (tertiary/aromatic N) is 2. The summed E-state index contributed by atoms with van der Waals surface area (Å²) in [5.41, 5.74) is 1.16. The third-order valence-electron chi connectivity index (χ3n) is 9.64. The van der Waals surface area contributed by atoms with Crippen molar-refractivity contribution < 1.29 is 19.7 Å². The molecule has 2 aliphatic heterocycles. The Hall–Kier alpha value is -2.28. The summed E-state index contributed by atoms with van der Waals surface area (Å²) in [4.78, 5) is 17.8. The van der Waals surface area contributed by atoms with Crippen LogP contribution in [0, 0.1) is 5.92 Å². The number of benzene rings is 2. The number of likely N-dealkylation sites (tertiary alicyclic amines) is 1. The van der Waals surface area contributed by atoms with Crippen molar-refractivity contribution in [1.29, 1.82) is 0 Å². The molecule has 2 heterocycles. The molecular weight excluding hydrogens is 464 g/mol. The number of carbonyl (C=O) groups is 1. The summed E-state index contributed by atoms with van der Waals surface area (Å²) in [6, 6.07) is 10.5. The molecule has 7 rings (SSSR count). The van der Waals surface area contributed by atoms with Gasteiger partial charge in [-0.1, -0.05) is 17.7 Å². The van der Waals surface area contributed by atoms with E-state index in [-0.39, 0.29) is 23.7 Å². The second kappa shape index (κ2) is 7.37. The zero-order chi connectivity index (χ0) is 24.1. The zero-order valence-corrected chi connectivity index (χ0v) is 20.7. The maximum atomic E-state index is 13.5. The number of ether oxygens (including phenoxy) is 1. The van der Waals surface area contributed by atoms with E-state index < -0.39 is 17.1 Å². The van der Waals surface area contributed by atoms with E-state index in [0.29, 0.717) is 29.2 Å². The minimum atomic E-state index is -0.947. The molecule has 6 nitrogen and oxygen atoms in total. The largest absolute Gasteiger partial charge is 0.504 e. The smallest absolute Gasteiger partial charge is 0.253 e. The van der Waals surface area contributed by atoms with E-state index in [0.717, 1.165) is 37.4 Å². The highest BCUT2D eigenvalue weighted by Crippen LogP contribution is 2.66. The van der Waals surface area contributed by atoms with Gasteiger partial charge in [0, 0.05) is 35.8 Å². The molecule has 2 N–H and O–H groups in total. The topological polar surface area (TPSA) is 73.2 Å². The molecule has 1 saturated heterocycles. The summed E-state index contributed by atoms with van der Waals surface area (Å²) >= 11 is 6.04. The Kier molecular flexibility index (Phi) is 4.63. The van der Waals surface area contributed by atoms with Gasteiger partial charge in [0.25, 0.3) is 5.91 Å². The van der Waals surface area contributed by atoms with Crippen LogP contribution < -0.4 is 4.74 Å². The highest BCUT2D eigenvalue weighted by atomic mass is 35.5. The molecule has 3 aliphatic carbocycles. The third kappa shape index (κ3) is 2.87. The summed E-state index contributed by atoms with van der Waals surface area (Å²) in [6.07, 6.45) is 4.95. The molecule has 35 heavy (non-hydrogen) atoms. The first kappa shape index (κ1) is 22.0. The van der Waals surface area contributed by atoms with Crippen LogP contribution in [0.25, 0.3) is 0 Å². The van der Waals surface area contributed by atoms with Crippen molar-refractivity contribution in [3.8, 4) is 11.5 Å². The predicted octanol–water partition coefficient (Wildman–Crippen LogP) is 3.75. The van der Waals surface area contributed by atoms with Gasteiger partial charge < -0.3 is 19.8 Å². The van der Waals surface area contributed by atoms with Crippen molar-refractivity contribution in [3.05, 3.63) is 58.1 Å². The molecule has 7 heteroatoms. The van der Waals surface area contributed by atoms with Crippen molar-refractivity contribution in [2.75, 3.05) is 20.1 Å². The van der Waals surface area contributed by atoms with Crippen molar-refractivity contribution in [2.24, 2.45) is 5.92 Å². The van der Waals surface area contributed by atoms with Crippen LogP contribution in [0.1, 0.15) is 53.6 Å². The molecule has 0 aromatic heterocycles. The van der Waals surface area contributed by atoms with Crippen LogP contribution in [-0.2, 0) is 11.8 Å². The van der Waals surface area contributed by atoms with E-state index in [4.69, 9.17) is 16.3 Å². The fourth-order valence-electron chi connectivity index (χ4n) is 7.80. The summed E-state index contributed by atoms with van der Waals surface area (Å²) in [5.74, 6) is 1.30. The van der Waals surface area contributed by atoms with Crippen LogP contribution in [0.4, 0.5) is 0 Å². The third-order valence-corrected chi connectivity index (χ3v) is 9.89. The number of aromatic hydroxyl groups is 1. The van der Waals surface area contributed by atoms with Crippen LogP contribution in [0.15, 0.2) is 36.4 Å². The first-order valence-corrected chi connectivity index (χ1v) is 13.2. The number of aliphatic hydroxyl groups is 1. The van der Waals surface area contributed by atoms with Gasteiger partial charge in [0.1, 0.15) is 6.10 Å². The first-order valence-electron chi connectivity index (χ1n) is 12.8. The molecule has 2 aromatic carbocycles. The monoisotopic (exact) mass is 494 g/mol. The summed E-state index contributed by atoms with van der Waals surface area (Å²) in [7, 11) is 1.83. The van der Waals surface area contributed by atoms with Gasteiger partial charge in [-0.15, -0.1) is 0 Å². The van der Waals surface area contributed by atoms with Gasteiger partial charge in [0.2, 0.25) is 0 Å². The van der Waals surface area contributed by atoms with Crippen molar-refractivity contribution in [1.82, 2.24) is 9.80 Å². The van der Waals surface area contributed by atoms with Crippen LogP contribution in [-0.4, -0.2) is 69.8 Å². The van der Waals surface area contributed by atoms with Crippen LogP contribution in [0.3, 0.4) is 0 Å². The Balaban J connectivity index is 1.31. The number of phenols is 1. The molecule has 2 saturated carbocycles. The Labute approximate surface area is 210 Å². The number of hydrogen-bond acceptors (Lipinski definition) is 5. The second-order valence-electron chi connectivity index (χ2n) is 11.3. The van der Waals surface area contributed by atoms with E-state index in [1.807, 2.05) is 13.1 Å². The minimum Gasteiger partial charge on any atom is -0.504 e. The fourth-order valence-corrected chi connectivity index (χ4v) is 7.92. The Bertz CT molecular complexity index is 1210. The maximum Gasteiger partial charge on any atom is 0.253 e. The molecule has 184 valence electrons. The molecule has 1 spiro atoms. The van der Waals surface area contributed by atoms with Crippen LogP contribution in [0.5, 0.6) is 11.5 Å². The second-order valence-corrected chi connectivity index (χ2v) is 11.8. The van der Waals surface area contributed by atoms with Gasteiger partial charge in [-0.25, -0.2) is 0 Å². The molecule has 5 atom stereocenters. The van der Waals surface area contributed by atoms with Gasteiger partial charge in [-0.3, -0.25) is 9.69 Å². The van der Waals surface area contributed by atoms with Crippen LogP contribution >= 0.6 is 11.6 Å². The van der Waals surface area contributed by atoms with Crippen molar-refractivity contribution >= 4 is 17.5 Å². The van der Waals surface area contributed by atoms with Crippen molar-refractivity contribution in [3.63, 3.8) is 0 Å². The number of rotatable bonds is 4. The van der Waals surface area contributed by atoms with Gasteiger partial charge >= 0.3 is 0 Å². The molecule has 1 unspecified atom stereocenters. The molecule has 3 fully saturated rings. The molecule has 2 aromatic rings. The van der Waals surface area contributed by atoms with E-state index in [2.05, 4.69) is 4.90 Å². The van der Waals surface area contributed by atoms with Gasteiger partial charge in [-0.05, 0) is 86.9 Å². The van der Waals surface area contributed by atoms with Crippen LogP contribution in [0.2, 0.25) is 5.02 Å². The average molecular weight is 495 g/mol. The number of amides is 1. The first-order chi connectivity index (χ1) is 16.8. The highest BCUT2D eigenvalue weighted by Gasteiger charge is 2.73. The lowest BCUT2D eigenvalue weighted by Crippen LogP contribution is -2.78. The molecule has 2 bridgehead atoms. The average Bonchev–Trinajstić information content (AvgIpc) is 3.59. The number of piperidine rings is 1. The molecular formula is C28H31ClN2O4. The number of halogens is 1. The number of likely N-dealkylation sites (N-methyl/N-ethyl adjacent to an activating group) is 1. The summed E-state index contributed by atoms with van der Waals surface area (Å²) in [6.45, 7) is 1.95. The van der Waals surface area contributed by atoms with E-state index >= 15 is 0 Å². The normalized spacial score (nSPS) is 34.8. The Morgan fingerprint density at radius 3 is 2.69 bits per heavy atom. The van der Waals surface area contributed by atoms with E-state index in [1.165, 1.54) is 18.4 Å². The summed E-state index contributed by atoms with van der Waals surface area (Å²) in [5, 5.41) is 24.0. The van der Waals surface area contributed by atoms with Crippen molar-refractivity contribution in [2.45, 2.75) is 67.7 Å². The number of hydrogen-bond donors (Lipinski definition) is 2. The standard InChI is InChI=1S/C28H31ClN2O4/c1-30(26(33)17-4-7-19(29)8-5-17)20-10-11-28(34)22-14-18-6-9-21(32)24-23(18)27(28,25(20)35-24)12-13-31(22)15-16-2-3-16/h4-9,16,20,22,25,32,34H,2-3,10-15H2,1H3/t20-,22-,25+,27?,28-/m1/s1. The van der Waals surface area contributed by atoms with Gasteiger partial charge in [-0.2, -0.15) is 0 Å². The van der Waals surface area contributed by atoms with Gasteiger partial charge in [0.15, 0.2) is 11.5 Å². The summed E-state index contributed by atoms with van der Waals surface area (Å²) < 4.78 is 6.60. The SMILES string of the molecule is CN(C(=O)c1ccc(Cl)cc1)[C@@H]1CC[C@@]2(O)[C@H]3Cc4ccc(O)c5c4C2(CCN3CC2CC2)[C@H]1O5. The fraction of sp³-hybridized carbons (Fsp3) is 0.536. The molecule has 1 amide bonds. The number of phenolic OH excluding ortho intramolecular Hbond substituents is 1. The van der Waals surface area contributed by atoms with Gasteiger partial charge in [0.05, 0.1) is 17.1 Å².